The molecule has 208 valence electrons. The van der Waals surface area contributed by atoms with Crippen molar-refractivity contribution in [3.63, 3.8) is 0 Å². The van der Waals surface area contributed by atoms with Crippen molar-refractivity contribution in [2.24, 2.45) is 0 Å². The smallest absolute Gasteiger partial charge is 0.295 e. The number of hydrogen-bond donors (Lipinski definition) is 1. The number of likely N-dealkylation sites (tertiary alicyclic amines) is 1. The molecule has 1 amide bonds. The first-order valence-electron chi connectivity index (χ1n) is 13.5. The van der Waals surface area contributed by atoms with Crippen molar-refractivity contribution in [1.82, 2.24) is 9.80 Å². The molecule has 2 aliphatic rings. The molecule has 5 rings (SSSR count). The Hall–Kier alpha value is -3.46. The van der Waals surface area contributed by atoms with Crippen molar-refractivity contribution in [1.29, 1.82) is 0 Å². The molecular weight excluding hydrogens is 572 g/mol. The highest BCUT2D eigenvalue weighted by molar-refractivity contribution is 9.10. The molecule has 2 aliphatic heterocycles. The lowest BCUT2D eigenvalue weighted by Gasteiger charge is -2.29. The van der Waals surface area contributed by atoms with Crippen molar-refractivity contribution in [3.05, 3.63) is 105 Å². The van der Waals surface area contributed by atoms with E-state index in [2.05, 4.69) is 20.8 Å². The second-order valence-corrected chi connectivity index (χ2v) is 11.0. The van der Waals surface area contributed by atoms with E-state index in [9.17, 15) is 14.7 Å². The van der Waals surface area contributed by atoms with Gasteiger partial charge in [0, 0.05) is 36.2 Å². The first-order valence-corrected chi connectivity index (χ1v) is 14.3. The summed E-state index contributed by atoms with van der Waals surface area (Å²) in [7, 11) is 0. The van der Waals surface area contributed by atoms with Crippen LogP contribution in [0.2, 0.25) is 0 Å². The maximum atomic E-state index is 13.3. The maximum Gasteiger partial charge on any atom is 0.295 e. The number of rotatable bonds is 9. The third kappa shape index (κ3) is 6.30. The quantitative estimate of drug-likeness (QED) is 0.198. The highest BCUT2D eigenvalue weighted by Crippen LogP contribution is 2.40. The summed E-state index contributed by atoms with van der Waals surface area (Å²) in [6, 6.07) is 21.8. The third-order valence-electron chi connectivity index (χ3n) is 7.46. The summed E-state index contributed by atoms with van der Waals surface area (Å²) in [5.41, 5.74) is 3.56. The molecule has 1 N–H and O–H groups in total. The van der Waals surface area contributed by atoms with Crippen LogP contribution in [0.25, 0.3) is 5.76 Å². The number of Topliss-reactive ketones (excluding diaryl/α,β-unsaturated/α-hetero) is 1. The standard InChI is InChI=1S/C32H33BrN2O5/c1-22-6-2-3-7-25(22)21-40-27-12-10-23(11-13-27)30(36)28-29(24-8-4-9-26(33)20-24)35(32(38)31(28)37)15-5-14-34-16-18-39-19-17-34/h2-4,6-13,20,29,36H,5,14-19,21H2,1H3/b30-28+. The van der Waals surface area contributed by atoms with Crippen LogP contribution in [0.1, 0.15) is 34.7 Å². The van der Waals surface area contributed by atoms with E-state index in [-0.39, 0.29) is 11.3 Å². The van der Waals surface area contributed by atoms with E-state index in [1.807, 2.05) is 55.5 Å². The lowest BCUT2D eigenvalue weighted by Crippen LogP contribution is -2.38. The molecule has 0 radical (unpaired) electrons. The summed E-state index contributed by atoms with van der Waals surface area (Å²) >= 11 is 3.51. The van der Waals surface area contributed by atoms with Crippen LogP contribution in [-0.4, -0.2) is 66.0 Å². The molecule has 3 aromatic carbocycles. The number of aliphatic hydroxyl groups is 1. The minimum atomic E-state index is -0.681. The fraction of sp³-hybridized carbons (Fsp3) is 0.312. The first kappa shape index (κ1) is 28.1. The van der Waals surface area contributed by atoms with Gasteiger partial charge in [0.25, 0.3) is 11.7 Å². The van der Waals surface area contributed by atoms with Crippen LogP contribution in [0.4, 0.5) is 0 Å². The minimum absolute atomic E-state index is 0.100. The summed E-state index contributed by atoms with van der Waals surface area (Å²) in [6.07, 6.45) is 0.713. The number of ketones is 1. The van der Waals surface area contributed by atoms with Crippen molar-refractivity contribution in [2.75, 3.05) is 39.4 Å². The molecule has 3 aromatic rings. The first-order chi connectivity index (χ1) is 19.4. The summed E-state index contributed by atoms with van der Waals surface area (Å²) in [5.74, 6) is -0.809. The number of benzene rings is 3. The molecular formula is C32H33BrN2O5. The largest absolute Gasteiger partial charge is 0.507 e. The number of nitrogens with zero attached hydrogens (tertiary/aromatic N) is 2. The van der Waals surface area contributed by atoms with E-state index in [4.69, 9.17) is 9.47 Å². The predicted molar refractivity (Wildman–Crippen MR) is 157 cm³/mol. The number of carbonyl (C=O) groups excluding carboxylic acids is 2. The van der Waals surface area contributed by atoms with Crippen LogP contribution in [0.3, 0.4) is 0 Å². The van der Waals surface area contributed by atoms with Crippen molar-refractivity contribution < 1.29 is 24.2 Å². The van der Waals surface area contributed by atoms with E-state index in [0.29, 0.717) is 44.1 Å². The van der Waals surface area contributed by atoms with Gasteiger partial charge in [0.1, 0.15) is 18.1 Å². The fourth-order valence-electron chi connectivity index (χ4n) is 5.22. The van der Waals surface area contributed by atoms with E-state index in [1.165, 1.54) is 0 Å². The Morgan fingerprint density at radius 1 is 1.00 bits per heavy atom. The van der Waals surface area contributed by atoms with Crippen LogP contribution in [0.5, 0.6) is 5.75 Å². The number of halogens is 1. The molecule has 40 heavy (non-hydrogen) atoms. The second kappa shape index (κ2) is 12.8. The van der Waals surface area contributed by atoms with E-state index >= 15 is 0 Å². The molecule has 0 spiro atoms. The Morgan fingerprint density at radius 2 is 1.75 bits per heavy atom. The van der Waals surface area contributed by atoms with Gasteiger partial charge < -0.3 is 19.5 Å². The normalized spacial score (nSPS) is 19.2. The summed E-state index contributed by atoms with van der Waals surface area (Å²) < 4.78 is 12.2. The van der Waals surface area contributed by atoms with Gasteiger partial charge in [0.2, 0.25) is 0 Å². The zero-order valence-corrected chi connectivity index (χ0v) is 24.1. The fourth-order valence-corrected chi connectivity index (χ4v) is 5.64. The molecule has 0 aliphatic carbocycles. The number of ether oxygens (including phenoxy) is 2. The topological polar surface area (TPSA) is 79.3 Å². The molecule has 2 heterocycles. The molecule has 1 unspecified atom stereocenters. The predicted octanol–water partition coefficient (Wildman–Crippen LogP) is 5.48. The second-order valence-electron chi connectivity index (χ2n) is 10.1. The molecule has 0 saturated carbocycles. The van der Waals surface area contributed by atoms with Crippen LogP contribution < -0.4 is 4.74 Å². The lowest BCUT2D eigenvalue weighted by atomic mass is 9.95. The van der Waals surface area contributed by atoms with Crippen LogP contribution in [0.15, 0.2) is 82.8 Å². The van der Waals surface area contributed by atoms with Gasteiger partial charge in [-0.15, -0.1) is 0 Å². The Morgan fingerprint density at radius 3 is 2.48 bits per heavy atom. The average Bonchev–Trinajstić information content (AvgIpc) is 3.22. The zero-order chi connectivity index (χ0) is 28.1. The third-order valence-corrected chi connectivity index (χ3v) is 7.96. The van der Waals surface area contributed by atoms with Crippen LogP contribution in [-0.2, 0) is 20.9 Å². The lowest BCUT2D eigenvalue weighted by molar-refractivity contribution is -0.140. The van der Waals surface area contributed by atoms with Gasteiger partial charge in [0.05, 0.1) is 24.8 Å². The van der Waals surface area contributed by atoms with Gasteiger partial charge in [-0.05, 0) is 66.4 Å². The molecule has 0 aromatic heterocycles. The van der Waals surface area contributed by atoms with Gasteiger partial charge in [0.15, 0.2) is 0 Å². The van der Waals surface area contributed by atoms with E-state index in [1.54, 1.807) is 29.2 Å². The molecule has 0 bridgehead atoms. The minimum Gasteiger partial charge on any atom is -0.507 e. The SMILES string of the molecule is Cc1ccccc1COc1ccc(/C(O)=C2\C(=O)C(=O)N(CCCN3CCOCC3)C2c2cccc(Br)c2)cc1. The van der Waals surface area contributed by atoms with Crippen LogP contribution >= 0.6 is 15.9 Å². The van der Waals surface area contributed by atoms with Crippen molar-refractivity contribution in [2.45, 2.75) is 26.0 Å². The molecule has 7 nitrogen and oxygen atoms in total. The van der Waals surface area contributed by atoms with Crippen molar-refractivity contribution in [3.8, 4) is 5.75 Å². The van der Waals surface area contributed by atoms with Gasteiger partial charge in [-0.25, -0.2) is 0 Å². The monoisotopic (exact) mass is 604 g/mol. The maximum absolute atomic E-state index is 13.3. The number of morpholine rings is 1. The Bertz CT molecular complexity index is 1400. The molecule has 2 saturated heterocycles. The summed E-state index contributed by atoms with van der Waals surface area (Å²) in [4.78, 5) is 30.5. The summed E-state index contributed by atoms with van der Waals surface area (Å²) in [5, 5.41) is 11.4. The number of aryl methyl sites for hydroxylation is 1. The average molecular weight is 606 g/mol. The van der Waals surface area contributed by atoms with Crippen molar-refractivity contribution >= 4 is 33.4 Å². The highest BCUT2D eigenvalue weighted by Gasteiger charge is 2.45. The van der Waals surface area contributed by atoms with Gasteiger partial charge in [-0.2, -0.15) is 0 Å². The Balaban J connectivity index is 1.39. The molecule has 8 heteroatoms. The van der Waals surface area contributed by atoms with E-state index < -0.39 is 17.7 Å². The van der Waals surface area contributed by atoms with Gasteiger partial charge >= 0.3 is 0 Å². The van der Waals surface area contributed by atoms with Gasteiger partial charge in [-0.3, -0.25) is 14.5 Å². The number of aliphatic hydroxyl groups excluding tert-OH is 1. The zero-order valence-electron chi connectivity index (χ0n) is 22.5. The molecule has 1 atom stereocenters. The number of carbonyl (C=O) groups is 2. The highest BCUT2D eigenvalue weighted by atomic mass is 79.9. The Labute approximate surface area is 243 Å². The summed E-state index contributed by atoms with van der Waals surface area (Å²) in [6.45, 7) is 6.81. The number of amides is 1. The van der Waals surface area contributed by atoms with E-state index in [0.717, 1.165) is 40.8 Å². The Kier molecular flexibility index (Phi) is 8.99. The molecule has 2 fully saturated rings. The van der Waals surface area contributed by atoms with Crippen LogP contribution in [0, 0.1) is 6.92 Å². The van der Waals surface area contributed by atoms with Gasteiger partial charge in [-0.1, -0.05) is 52.3 Å². The number of hydrogen-bond acceptors (Lipinski definition) is 6.